The zero-order valence-corrected chi connectivity index (χ0v) is 23.8. The lowest BCUT2D eigenvalue weighted by Crippen LogP contribution is -2.01. The van der Waals surface area contributed by atoms with Crippen LogP contribution >= 0.6 is 0 Å². The van der Waals surface area contributed by atoms with Gasteiger partial charge in [-0.1, -0.05) is 0 Å². The summed E-state index contributed by atoms with van der Waals surface area (Å²) in [5.41, 5.74) is 4.32. The van der Waals surface area contributed by atoms with E-state index in [2.05, 4.69) is 0 Å². The van der Waals surface area contributed by atoms with Crippen LogP contribution in [0.15, 0.2) is 48.5 Å². The third kappa shape index (κ3) is 6.12. The van der Waals surface area contributed by atoms with E-state index in [1.807, 2.05) is 24.3 Å². The molecule has 222 valence electrons. The van der Waals surface area contributed by atoms with Crippen molar-refractivity contribution < 1.29 is 49.6 Å². The molecule has 0 aliphatic rings. The summed E-state index contributed by atoms with van der Waals surface area (Å²) < 4.78 is 22.9. The number of benzene rings is 4. The van der Waals surface area contributed by atoms with Crippen molar-refractivity contribution >= 4 is 0 Å². The molecule has 0 unspecified atom stereocenters. The summed E-state index contributed by atoms with van der Waals surface area (Å²) in [4.78, 5) is 0. The van der Waals surface area contributed by atoms with Crippen LogP contribution in [0.4, 0.5) is 0 Å². The lowest BCUT2D eigenvalue weighted by Gasteiger charge is -2.19. The van der Waals surface area contributed by atoms with Gasteiger partial charge in [-0.05, 0) is 96.5 Å². The Bertz CT molecular complexity index is 1430. The third-order valence-corrected chi connectivity index (χ3v) is 7.12. The van der Waals surface area contributed by atoms with Crippen molar-refractivity contribution in [2.75, 3.05) is 28.4 Å². The Morgan fingerprint density at radius 3 is 1.00 bits per heavy atom. The maximum Gasteiger partial charge on any atom is 0.200 e. The number of phenolic OH excluding ortho intramolecular Hbond substituents is 6. The first kappa shape index (κ1) is 29.9. The molecule has 0 aliphatic heterocycles. The monoisotopic (exact) mass is 578 g/mol. The first-order valence-electron chi connectivity index (χ1n) is 13.1. The van der Waals surface area contributed by atoms with Crippen molar-refractivity contribution in [3.05, 3.63) is 70.8 Å². The number of hydrogen-bond donors (Lipinski definition) is 6. The number of phenols is 6. The average molecular weight is 579 g/mol. The van der Waals surface area contributed by atoms with Crippen LogP contribution in [0.3, 0.4) is 0 Å². The van der Waals surface area contributed by atoms with Gasteiger partial charge in [0.25, 0.3) is 0 Å². The third-order valence-electron chi connectivity index (χ3n) is 7.12. The Hall–Kier alpha value is -5.12. The molecule has 10 nitrogen and oxygen atoms in total. The number of aromatic hydroxyl groups is 6. The molecule has 0 atom stereocenters. The van der Waals surface area contributed by atoms with Crippen LogP contribution in [0.25, 0.3) is 11.1 Å². The van der Waals surface area contributed by atoms with E-state index in [0.29, 0.717) is 70.9 Å². The van der Waals surface area contributed by atoms with Gasteiger partial charge in [-0.2, -0.15) is 0 Å². The van der Waals surface area contributed by atoms with Gasteiger partial charge in [-0.15, -0.1) is 0 Å². The lowest BCUT2D eigenvalue weighted by molar-refractivity contribution is 0.367. The van der Waals surface area contributed by atoms with Gasteiger partial charge in [0, 0.05) is 11.1 Å². The molecule has 4 rings (SSSR count). The van der Waals surface area contributed by atoms with E-state index >= 15 is 0 Å². The molecular weight excluding hydrogens is 544 g/mol. The summed E-state index contributed by atoms with van der Waals surface area (Å²) in [5.74, 6) is -0.390. The highest BCUT2D eigenvalue weighted by Crippen LogP contribution is 2.44. The van der Waals surface area contributed by atoms with E-state index in [1.54, 1.807) is 28.4 Å². The van der Waals surface area contributed by atoms with E-state index in [4.69, 9.17) is 18.9 Å². The molecule has 6 N–H and O–H groups in total. The van der Waals surface area contributed by atoms with Crippen LogP contribution in [0.5, 0.6) is 57.5 Å². The van der Waals surface area contributed by atoms with Crippen molar-refractivity contribution in [3.8, 4) is 68.6 Å². The predicted octanol–water partition coefficient (Wildman–Crippen LogP) is 5.19. The molecule has 0 fully saturated rings. The van der Waals surface area contributed by atoms with E-state index in [1.165, 1.54) is 24.3 Å². The topological polar surface area (TPSA) is 158 Å². The number of hydrogen-bond acceptors (Lipinski definition) is 10. The SMILES string of the molecule is COc1cc(-c2cc(OC)c(CCc3cc(O)c(O)c(O)c3)cc2OC)c(OC)cc1CCc1cc(O)c(O)c(O)c1. The van der Waals surface area contributed by atoms with Crippen molar-refractivity contribution in [2.24, 2.45) is 0 Å². The van der Waals surface area contributed by atoms with Gasteiger partial charge in [-0.25, -0.2) is 0 Å². The molecule has 0 radical (unpaired) electrons. The van der Waals surface area contributed by atoms with E-state index in [0.717, 1.165) is 11.1 Å². The van der Waals surface area contributed by atoms with Crippen LogP contribution in [-0.4, -0.2) is 59.1 Å². The van der Waals surface area contributed by atoms with Gasteiger partial charge >= 0.3 is 0 Å². The van der Waals surface area contributed by atoms with E-state index in [-0.39, 0.29) is 0 Å². The lowest BCUT2D eigenvalue weighted by atomic mass is 9.95. The minimum atomic E-state index is -0.559. The van der Waals surface area contributed by atoms with Gasteiger partial charge in [0.15, 0.2) is 34.5 Å². The zero-order chi connectivity index (χ0) is 30.6. The highest BCUT2D eigenvalue weighted by molar-refractivity contribution is 5.80. The molecule has 4 aromatic carbocycles. The van der Waals surface area contributed by atoms with E-state index in [9.17, 15) is 30.6 Å². The summed E-state index contributed by atoms with van der Waals surface area (Å²) >= 11 is 0. The molecule has 0 aromatic heterocycles. The zero-order valence-electron chi connectivity index (χ0n) is 23.8. The van der Waals surface area contributed by atoms with Crippen LogP contribution in [0, 0.1) is 0 Å². The second kappa shape index (κ2) is 12.6. The summed E-state index contributed by atoms with van der Waals surface area (Å²) in [5, 5.41) is 58.7. The van der Waals surface area contributed by atoms with Gasteiger partial charge in [-0.3, -0.25) is 0 Å². The molecule has 0 bridgehead atoms. The standard InChI is InChI=1S/C32H34O10/c1-39-27-15-21(29(41-3)13-19(27)7-5-17-9-23(33)31(37)24(34)10-17)22-16-28(40-2)20(14-30(22)42-4)8-6-18-11-25(35)32(38)26(36)12-18/h9-16,33-38H,5-8H2,1-4H3. The van der Waals surface area contributed by atoms with E-state index < -0.39 is 34.5 Å². The predicted molar refractivity (Wildman–Crippen MR) is 156 cm³/mol. The molecule has 10 heteroatoms. The normalized spacial score (nSPS) is 10.9. The molecule has 0 heterocycles. The number of ether oxygens (including phenoxy) is 4. The average Bonchev–Trinajstić information content (AvgIpc) is 2.99. The summed E-state index contributed by atoms with van der Waals surface area (Å²) in [6.45, 7) is 0. The smallest absolute Gasteiger partial charge is 0.200 e. The highest BCUT2D eigenvalue weighted by atomic mass is 16.5. The summed E-state index contributed by atoms with van der Waals surface area (Å²) in [6, 6.07) is 13.0. The fourth-order valence-electron chi connectivity index (χ4n) is 4.90. The Kier molecular flexibility index (Phi) is 8.95. The van der Waals surface area contributed by atoms with Crippen molar-refractivity contribution in [1.29, 1.82) is 0 Å². The second-order valence-electron chi connectivity index (χ2n) is 9.69. The highest BCUT2D eigenvalue weighted by Gasteiger charge is 2.20. The molecule has 0 amide bonds. The van der Waals surface area contributed by atoms with Gasteiger partial charge < -0.3 is 49.6 Å². The molecule has 0 spiro atoms. The van der Waals surface area contributed by atoms with Crippen LogP contribution in [0.2, 0.25) is 0 Å². The molecule has 0 saturated heterocycles. The van der Waals surface area contributed by atoms with Crippen LogP contribution < -0.4 is 18.9 Å². The summed E-state index contributed by atoms with van der Waals surface area (Å²) in [7, 11) is 6.25. The van der Waals surface area contributed by atoms with Crippen molar-refractivity contribution in [2.45, 2.75) is 25.7 Å². The quantitative estimate of drug-likeness (QED) is 0.131. The van der Waals surface area contributed by atoms with Gasteiger partial charge in [0.2, 0.25) is 0 Å². The van der Waals surface area contributed by atoms with Crippen molar-refractivity contribution in [1.82, 2.24) is 0 Å². The fourth-order valence-corrected chi connectivity index (χ4v) is 4.90. The first-order chi connectivity index (χ1) is 20.1. The minimum Gasteiger partial charge on any atom is -0.504 e. The molecule has 42 heavy (non-hydrogen) atoms. The maximum atomic E-state index is 9.85. The molecule has 0 aliphatic carbocycles. The molecule has 0 saturated carbocycles. The summed E-state index contributed by atoms with van der Waals surface area (Å²) in [6.07, 6.45) is 1.88. The molecular formula is C32H34O10. The Balaban J connectivity index is 1.67. The number of aryl methyl sites for hydroxylation is 4. The Morgan fingerprint density at radius 2 is 0.714 bits per heavy atom. The van der Waals surface area contributed by atoms with Gasteiger partial charge in [0.1, 0.15) is 23.0 Å². The molecule has 4 aromatic rings. The Morgan fingerprint density at radius 1 is 0.405 bits per heavy atom. The number of rotatable bonds is 11. The largest absolute Gasteiger partial charge is 0.504 e. The second-order valence-corrected chi connectivity index (χ2v) is 9.69. The van der Waals surface area contributed by atoms with Crippen molar-refractivity contribution in [3.63, 3.8) is 0 Å². The first-order valence-corrected chi connectivity index (χ1v) is 13.1. The van der Waals surface area contributed by atoms with Crippen LogP contribution in [0.1, 0.15) is 22.3 Å². The maximum absolute atomic E-state index is 9.85. The minimum absolute atomic E-state index is 0.395. The van der Waals surface area contributed by atoms with Gasteiger partial charge in [0.05, 0.1) is 28.4 Å². The Labute approximate surface area is 243 Å². The number of methoxy groups -OCH3 is 4. The fraction of sp³-hybridized carbons (Fsp3) is 0.250. The van der Waals surface area contributed by atoms with Crippen LogP contribution in [-0.2, 0) is 25.7 Å².